The van der Waals surface area contributed by atoms with Crippen LogP contribution in [0, 0.1) is 0 Å². The molecule has 0 heterocycles. The smallest absolute Gasteiger partial charge is 0.248 e. The first kappa shape index (κ1) is 16.8. The highest BCUT2D eigenvalue weighted by Gasteiger charge is 2.02. The van der Waals surface area contributed by atoms with E-state index in [2.05, 4.69) is 38.2 Å². The first-order chi connectivity index (χ1) is 11.0. The van der Waals surface area contributed by atoms with Gasteiger partial charge < -0.3 is 11.1 Å². The van der Waals surface area contributed by atoms with Crippen molar-refractivity contribution in [2.45, 2.75) is 33.1 Å². The zero-order valence-electron chi connectivity index (χ0n) is 14.0. The predicted octanol–water partition coefficient (Wildman–Crippen LogP) is 4.61. The van der Waals surface area contributed by atoms with Gasteiger partial charge in [0.1, 0.15) is 0 Å². The molecule has 0 aliphatic heterocycles. The van der Waals surface area contributed by atoms with E-state index >= 15 is 0 Å². The number of aryl methyl sites for hydroxylation is 1. The van der Waals surface area contributed by atoms with Gasteiger partial charge in [0.15, 0.2) is 0 Å². The van der Waals surface area contributed by atoms with Gasteiger partial charge in [0.2, 0.25) is 5.91 Å². The third-order valence-electron chi connectivity index (χ3n) is 3.82. The van der Waals surface area contributed by atoms with E-state index in [9.17, 15) is 4.79 Å². The number of anilines is 2. The first-order valence-electron chi connectivity index (χ1n) is 7.97. The highest BCUT2D eigenvalue weighted by molar-refractivity contribution is 6.02. The molecule has 0 radical (unpaired) electrons. The summed E-state index contributed by atoms with van der Waals surface area (Å²) in [6.07, 6.45) is 4.23. The molecule has 0 saturated carbocycles. The standard InChI is InChI=1S/C20H24N2O/c1-4-16-10-11-18(13-19(16)21)22-20(23)12-7-15-5-8-17(9-6-15)14(2)3/h5-14H,4,21H2,1-3H3,(H,22,23)/b12-7+. The Morgan fingerprint density at radius 1 is 1.17 bits per heavy atom. The third kappa shape index (κ3) is 4.71. The van der Waals surface area contributed by atoms with Gasteiger partial charge in [-0.1, -0.05) is 51.1 Å². The second-order valence-electron chi connectivity index (χ2n) is 5.91. The van der Waals surface area contributed by atoms with Gasteiger partial charge in [-0.3, -0.25) is 4.79 Å². The van der Waals surface area contributed by atoms with Crippen LogP contribution in [-0.4, -0.2) is 5.91 Å². The maximum Gasteiger partial charge on any atom is 0.248 e. The average molecular weight is 308 g/mol. The Bertz CT molecular complexity index is 700. The molecule has 3 nitrogen and oxygen atoms in total. The Labute approximate surface area is 138 Å². The van der Waals surface area contributed by atoms with Crippen LogP contribution in [0.2, 0.25) is 0 Å². The Hall–Kier alpha value is -2.55. The molecule has 0 atom stereocenters. The number of hydrogen-bond donors (Lipinski definition) is 2. The van der Waals surface area contributed by atoms with Gasteiger partial charge in [-0.25, -0.2) is 0 Å². The van der Waals surface area contributed by atoms with Gasteiger partial charge in [-0.15, -0.1) is 0 Å². The van der Waals surface area contributed by atoms with Crippen molar-refractivity contribution in [3.05, 3.63) is 65.2 Å². The van der Waals surface area contributed by atoms with E-state index in [4.69, 9.17) is 5.73 Å². The summed E-state index contributed by atoms with van der Waals surface area (Å²) in [5, 5.41) is 2.83. The highest BCUT2D eigenvalue weighted by atomic mass is 16.1. The van der Waals surface area contributed by atoms with Crippen LogP contribution in [0.3, 0.4) is 0 Å². The maximum atomic E-state index is 12.0. The van der Waals surface area contributed by atoms with Crippen molar-refractivity contribution >= 4 is 23.4 Å². The van der Waals surface area contributed by atoms with Crippen LogP contribution in [-0.2, 0) is 11.2 Å². The summed E-state index contributed by atoms with van der Waals surface area (Å²) in [6.45, 7) is 6.37. The molecule has 1 amide bonds. The summed E-state index contributed by atoms with van der Waals surface area (Å²) in [5.74, 6) is 0.342. The molecule has 120 valence electrons. The number of nitrogen functional groups attached to an aromatic ring is 1. The van der Waals surface area contributed by atoms with Crippen LogP contribution >= 0.6 is 0 Å². The van der Waals surface area contributed by atoms with Crippen LogP contribution in [0.25, 0.3) is 6.08 Å². The fourth-order valence-electron chi connectivity index (χ4n) is 2.34. The van der Waals surface area contributed by atoms with Crippen molar-refractivity contribution in [3.8, 4) is 0 Å². The van der Waals surface area contributed by atoms with E-state index in [-0.39, 0.29) is 5.91 Å². The second-order valence-corrected chi connectivity index (χ2v) is 5.91. The fourth-order valence-corrected chi connectivity index (χ4v) is 2.34. The van der Waals surface area contributed by atoms with Gasteiger partial charge in [-0.2, -0.15) is 0 Å². The molecule has 2 rings (SSSR count). The Balaban J connectivity index is 2.00. The van der Waals surface area contributed by atoms with Crippen LogP contribution in [0.15, 0.2) is 48.5 Å². The molecule has 0 aliphatic carbocycles. The zero-order chi connectivity index (χ0) is 16.8. The Morgan fingerprint density at radius 3 is 2.43 bits per heavy atom. The number of benzene rings is 2. The molecular weight excluding hydrogens is 284 g/mol. The Morgan fingerprint density at radius 2 is 1.87 bits per heavy atom. The first-order valence-corrected chi connectivity index (χ1v) is 7.97. The van der Waals surface area contributed by atoms with Gasteiger partial charge in [0, 0.05) is 17.5 Å². The van der Waals surface area contributed by atoms with Crippen LogP contribution < -0.4 is 11.1 Å². The summed E-state index contributed by atoms with van der Waals surface area (Å²) in [4.78, 5) is 12.0. The van der Waals surface area contributed by atoms with Gasteiger partial charge in [0.05, 0.1) is 0 Å². The highest BCUT2D eigenvalue weighted by Crippen LogP contribution is 2.19. The fraction of sp³-hybridized carbons (Fsp3) is 0.250. The number of nitrogens with two attached hydrogens (primary N) is 1. The lowest BCUT2D eigenvalue weighted by atomic mass is 10.0. The lowest BCUT2D eigenvalue weighted by Gasteiger charge is -2.07. The number of rotatable bonds is 5. The molecular formula is C20H24N2O. The van der Waals surface area contributed by atoms with Crippen molar-refractivity contribution in [2.75, 3.05) is 11.1 Å². The lowest BCUT2D eigenvalue weighted by Crippen LogP contribution is -2.08. The molecule has 3 N–H and O–H groups in total. The summed E-state index contributed by atoms with van der Waals surface area (Å²) in [5.41, 5.74) is 10.7. The van der Waals surface area contributed by atoms with Crippen LogP contribution in [0.1, 0.15) is 43.4 Å². The molecule has 2 aromatic rings. The monoisotopic (exact) mass is 308 g/mol. The topological polar surface area (TPSA) is 55.1 Å². The van der Waals surface area contributed by atoms with E-state index in [0.29, 0.717) is 17.3 Å². The lowest BCUT2D eigenvalue weighted by molar-refractivity contribution is -0.111. The summed E-state index contributed by atoms with van der Waals surface area (Å²) >= 11 is 0. The minimum absolute atomic E-state index is 0.165. The van der Waals surface area contributed by atoms with Gasteiger partial charge >= 0.3 is 0 Å². The predicted molar refractivity (Wildman–Crippen MR) is 98.4 cm³/mol. The number of carbonyl (C=O) groups excluding carboxylic acids is 1. The van der Waals surface area contributed by atoms with E-state index < -0.39 is 0 Å². The molecule has 0 fully saturated rings. The number of amides is 1. The maximum absolute atomic E-state index is 12.0. The van der Waals surface area contributed by atoms with E-state index in [1.54, 1.807) is 6.07 Å². The molecule has 0 spiro atoms. The van der Waals surface area contributed by atoms with E-state index in [1.165, 1.54) is 11.6 Å². The number of hydrogen-bond acceptors (Lipinski definition) is 2. The van der Waals surface area contributed by atoms with Crippen molar-refractivity contribution in [3.63, 3.8) is 0 Å². The number of carbonyl (C=O) groups is 1. The molecule has 0 aliphatic rings. The summed E-state index contributed by atoms with van der Waals surface area (Å²) in [7, 11) is 0. The molecule has 0 bridgehead atoms. The van der Waals surface area contributed by atoms with Gasteiger partial charge in [-0.05, 0) is 47.2 Å². The van der Waals surface area contributed by atoms with Gasteiger partial charge in [0.25, 0.3) is 0 Å². The van der Waals surface area contributed by atoms with Crippen molar-refractivity contribution in [2.24, 2.45) is 0 Å². The SMILES string of the molecule is CCc1ccc(NC(=O)/C=C/c2ccc(C(C)C)cc2)cc1N. The Kier molecular flexibility index (Phi) is 5.58. The van der Waals surface area contributed by atoms with Crippen LogP contribution in [0.5, 0.6) is 0 Å². The normalized spacial score (nSPS) is 11.1. The molecule has 0 saturated heterocycles. The summed E-state index contributed by atoms with van der Waals surface area (Å²) < 4.78 is 0. The minimum atomic E-state index is -0.165. The third-order valence-corrected chi connectivity index (χ3v) is 3.82. The van der Waals surface area contributed by atoms with Crippen LogP contribution in [0.4, 0.5) is 11.4 Å². The quantitative estimate of drug-likeness (QED) is 0.626. The number of nitrogens with one attached hydrogen (secondary N) is 1. The van der Waals surface area contributed by atoms with Crippen molar-refractivity contribution in [1.29, 1.82) is 0 Å². The molecule has 0 unspecified atom stereocenters. The largest absolute Gasteiger partial charge is 0.398 e. The minimum Gasteiger partial charge on any atom is -0.398 e. The van der Waals surface area contributed by atoms with Crippen molar-refractivity contribution < 1.29 is 4.79 Å². The average Bonchev–Trinajstić information content (AvgIpc) is 2.53. The second kappa shape index (κ2) is 7.63. The van der Waals surface area contributed by atoms with E-state index in [0.717, 1.165) is 17.5 Å². The summed E-state index contributed by atoms with van der Waals surface area (Å²) in [6, 6.07) is 13.8. The molecule has 23 heavy (non-hydrogen) atoms. The molecule has 0 aromatic heterocycles. The molecule has 2 aromatic carbocycles. The molecule has 3 heteroatoms. The van der Waals surface area contributed by atoms with E-state index in [1.807, 2.05) is 30.3 Å². The van der Waals surface area contributed by atoms with Crippen molar-refractivity contribution in [1.82, 2.24) is 0 Å². The zero-order valence-corrected chi connectivity index (χ0v) is 14.0.